The molecule has 2 heterocycles. The minimum atomic E-state index is -3.46. The molecule has 0 bridgehead atoms. The summed E-state index contributed by atoms with van der Waals surface area (Å²) in [6.45, 7) is 1.85. The van der Waals surface area contributed by atoms with Crippen molar-refractivity contribution >= 4 is 55.6 Å². The SMILES string of the molecule is Br.O=S(=O)(c1ccc(-c2csc(=Nc3cccc(Cl)c3)n2CCCO)cc1)N1CCCCC1. The van der Waals surface area contributed by atoms with E-state index >= 15 is 0 Å². The van der Waals surface area contributed by atoms with Gasteiger partial charge in [0.2, 0.25) is 10.0 Å². The van der Waals surface area contributed by atoms with E-state index in [1.807, 2.05) is 29.6 Å². The third-order valence-corrected chi connectivity index (χ3v) is 8.48. The molecule has 0 unspecified atom stereocenters. The van der Waals surface area contributed by atoms with Crippen LogP contribution in [0.5, 0.6) is 0 Å². The Bertz CT molecular complexity index is 1230. The van der Waals surface area contributed by atoms with Gasteiger partial charge in [-0.3, -0.25) is 0 Å². The average molecular weight is 573 g/mol. The van der Waals surface area contributed by atoms with E-state index in [0.29, 0.717) is 36.0 Å². The fourth-order valence-electron chi connectivity index (χ4n) is 3.80. The van der Waals surface area contributed by atoms with Gasteiger partial charge in [-0.1, -0.05) is 36.2 Å². The molecule has 1 fully saturated rings. The van der Waals surface area contributed by atoms with Crippen molar-refractivity contribution in [2.75, 3.05) is 19.7 Å². The Morgan fingerprint density at radius 1 is 1.06 bits per heavy atom. The van der Waals surface area contributed by atoms with Crippen molar-refractivity contribution in [3.05, 3.63) is 63.7 Å². The molecule has 1 aliphatic rings. The van der Waals surface area contributed by atoms with E-state index in [1.54, 1.807) is 28.6 Å². The van der Waals surface area contributed by atoms with Crippen LogP contribution in [0.25, 0.3) is 11.3 Å². The molecule has 10 heteroatoms. The fraction of sp³-hybridized carbons (Fsp3) is 0.348. The van der Waals surface area contributed by atoms with Gasteiger partial charge in [0.15, 0.2) is 4.80 Å². The van der Waals surface area contributed by atoms with Crippen molar-refractivity contribution in [3.63, 3.8) is 0 Å². The second-order valence-electron chi connectivity index (χ2n) is 7.71. The van der Waals surface area contributed by atoms with Crippen LogP contribution in [0.1, 0.15) is 25.7 Å². The Hall–Kier alpha value is -1.49. The third-order valence-electron chi connectivity index (χ3n) is 5.47. The first-order valence-electron chi connectivity index (χ1n) is 10.7. The number of nitrogens with zero attached hydrogens (tertiary/aromatic N) is 3. The summed E-state index contributed by atoms with van der Waals surface area (Å²) in [5, 5.41) is 12.0. The Morgan fingerprint density at radius 2 is 1.79 bits per heavy atom. The maximum Gasteiger partial charge on any atom is 0.243 e. The monoisotopic (exact) mass is 571 g/mol. The van der Waals surface area contributed by atoms with Gasteiger partial charge in [0.25, 0.3) is 0 Å². The highest BCUT2D eigenvalue weighted by atomic mass is 79.9. The van der Waals surface area contributed by atoms with E-state index < -0.39 is 10.0 Å². The number of thiazole rings is 1. The number of hydrogen-bond acceptors (Lipinski definition) is 5. The molecule has 33 heavy (non-hydrogen) atoms. The zero-order valence-corrected chi connectivity index (χ0v) is 22.2. The molecule has 1 aromatic heterocycles. The van der Waals surface area contributed by atoms with Crippen LogP contribution < -0.4 is 4.80 Å². The molecule has 1 aliphatic heterocycles. The van der Waals surface area contributed by atoms with Crippen molar-refractivity contribution in [3.8, 4) is 11.3 Å². The van der Waals surface area contributed by atoms with E-state index in [-0.39, 0.29) is 23.6 Å². The first-order chi connectivity index (χ1) is 15.5. The molecule has 4 rings (SSSR count). The number of aliphatic hydroxyl groups is 1. The lowest BCUT2D eigenvalue weighted by Gasteiger charge is -2.25. The molecule has 0 spiro atoms. The molecule has 0 saturated carbocycles. The van der Waals surface area contributed by atoms with Gasteiger partial charge in [-0.05, 0) is 55.2 Å². The van der Waals surface area contributed by atoms with Crippen LogP contribution in [0, 0.1) is 0 Å². The Labute approximate surface area is 214 Å². The lowest BCUT2D eigenvalue weighted by molar-refractivity contribution is 0.279. The second kappa shape index (κ2) is 11.8. The van der Waals surface area contributed by atoms with Crippen LogP contribution in [0.2, 0.25) is 5.02 Å². The van der Waals surface area contributed by atoms with Gasteiger partial charge in [0, 0.05) is 36.6 Å². The van der Waals surface area contributed by atoms with Crippen molar-refractivity contribution < 1.29 is 13.5 Å². The minimum absolute atomic E-state index is 0. The van der Waals surface area contributed by atoms with Gasteiger partial charge in [-0.15, -0.1) is 28.3 Å². The number of rotatable bonds is 7. The van der Waals surface area contributed by atoms with E-state index in [9.17, 15) is 13.5 Å². The quantitative estimate of drug-likeness (QED) is 0.421. The number of benzene rings is 2. The molecule has 0 amide bonds. The molecule has 0 radical (unpaired) electrons. The maximum atomic E-state index is 12.9. The minimum Gasteiger partial charge on any atom is -0.396 e. The van der Waals surface area contributed by atoms with Crippen molar-refractivity contribution in [1.29, 1.82) is 0 Å². The normalized spacial score (nSPS) is 15.4. The first kappa shape index (κ1) is 26.1. The number of halogens is 2. The third kappa shape index (κ3) is 6.15. The first-order valence-corrected chi connectivity index (χ1v) is 13.4. The smallest absolute Gasteiger partial charge is 0.243 e. The fourth-order valence-corrected chi connectivity index (χ4v) is 6.46. The van der Waals surface area contributed by atoms with Gasteiger partial charge >= 0.3 is 0 Å². The van der Waals surface area contributed by atoms with Crippen molar-refractivity contribution in [2.45, 2.75) is 37.1 Å². The molecule has 0 aliphatic carbocycles. The van der Waals surface area contributed by atoms with Crippen LogP contribution in [-0.4, -0.2) is 42.1 Å². The predicted octanol–water partition coefficient (Wildman–Crippen LogP) is 5.24. The van der Waals surface area contributed by atoms with Crippen LogP contribution in [-0.2, 0) is 16.6 Å². The van der Waals surface area contributed by atoms with Crippen LogP contribution in [0.4, 0.5) is 5.69 Å². The summed E-state index contributed by atoms with van der Waals surface area (Å²) in [4.78, 5) is 5.85. The summed E-state index contributed by atoms with van der Waals surface area (Å²) in [5.74, 6) is 0. The van der Waals surface area contributed by atoms with E-state index in [4.69, 9.17) is 16.6 Å². The summed E-state index contributed by atoms with van der Waals surface area (Å²) in [5.41, 5.74) is 2.60. The standard InChI is InChI=1S/C23H26ClN3O3S2.BrH/c24-19-6-4-7-20(16-19)25-23-27(14-5-15-28)22(17-31-23)18-8-10-21(11-9-18)32(29,30)26-12-2-1-3-13-26;/h4,6-11,16-17,28H,1-3,5,12-15H2;1H. The maximum absolute atomic E-state index is 12.9. The summed E-state index contributed by atoms with van der Waals surface area (Å²) < 4.78 is 29.5. The highest BCUT2D eigenvalue weighted by molar-refractivity contribution is 8.93. The van der Waals surface area contributed by atoms with Crippen LogP contribution in [0.15, 0.2) is 63.8 Å². The summed E-state index contributed by atoms with van der Waals surface area (Å²) in [6.07, 6.45) is 3.50. The molecule has 178 valence electrons. The van der Waals surface area contributed by atoms with Crippen molar-refractivity contribution in [1.82, 2.24) is 8.87 Å². The molecule has 0 atom stereocenters. The highest BCUT2D eigenvalue weighted by Gasteiger charge is 2.25. The van der Waals surface area contributed by atoms with Gasteiger partial charge in [-0.2, -0.15) is 4.31 Å². The Morgan fingerprint density at radius 3 is 2.45 bits per heavy atom. The number of aliphatic hydroxyl groups excluding tert-OH is 1. The largest absolute Gasteiger partial charge is 0.396 e. The van der Waals surface area contributed by atoms with Gasteiger partial charge in [0.1, 0.15) is 0 Å². The van der Waals surface area contributed by atoms with Crippen molar-refractivity contribution in [2.24, 2.45) is 4.99 Å². The zero-order valence-electron chi connectivity index (χ0n) is 18.1. The molecule has 6 nitrogen and oxygen atoms in total. The lowest BCUT2D eigenvalue weighted by atomic mass is 10.2. The molecular weight excluding hydrogens is 546 g/mol. The molecule has 2 aromatic carbocycles. The lowest BCUT2D eigenvalue weighted by Crippen LogP contribution is -2.35. The van der Waals surface area contributed by atoms with E-state index in [2.05, 4.69) is 4.57 Å². The Balaban J connectivity index is 0.00000306. The van der Waals surface area contributed by atoms with Gasteiger partial charge in [0.05, 0.1) is 16.3 Å². The van der Waals surface area contributed by atoms with Crippen LogP contribution in [0.3, 0.4) is 0 Å². The molecular formula is C23H27BrClN3O3S2. The molecule has 1 N–H and O–H groups in total. The number of piperidine rings is 1. The van der Waals surface area contributed by atoms with E-state index in [1.165, 1.54) is 11.3 Å². The Kier molecular flexibility index (Phi) is 9.32. The topological polar surface area (TPSA) is 74.9 Å². The number of aromatic nitrogens is 1. The zero-order chi connectivity index (χ0) is 22.6. The number of hydrogen-bond donors (Lipinski definition) is 1. The molecule has 3 aromatic rings. The average Bonchev–Trinajstić information content (AvgIpc) is 3.20. The van der Waals surface area contributed by atoms with Gasteiger partial charge < -0.3 is 9.67 Å². The predicted molar refractivity (Wildman–Crippen MR) is 139 cm³/mol. The second-order valence-corrected chi connectivity index (χ2v) is 10.9. The molecule has 1 saturated heterocycles. The number of sulfonamides is 1. The summed E-state index contributed by atoms with van der Waals surface area (Å²) >= 11 is 7.59. The summed E-state index contributed by atoms with van der Waals surface area (Å²) in [6, 6.07) is 14.4. The summed E-state index contributed by atoms with van der Waals surface area (Å²) in [7, 11) is -3.46. The van der Waals surface area contributed by atoms with E-state index in [0.717, 1.165) is 41.0 Å². The van der Waals surface area contributed by atoms with Crippen LogP contribution >= 0.6 is 39.9 Å². The van der Waals surface area contributed by atoms with Gasteiger partial charge in [-0.25, -0.2) is 13.4 Å². The highest BCUT2D eigenvalue weighted by Crippen LogP contribution is 2.26.